The van der Waals surface area contributed by atoms with Crippen LogP contribution in [-0.4, -0.2) is 37.6 Å². The predicted molar refractivity (Wildman–Crippen MR) is 91.8 cm³/mol. The van der Waals surface area contributed by atoms with Crippen LogP contribution in [0.4, 0.5) is 0 Å². The normalized spacial score (nSPS) is 22.9. The minimum atomic E-state index is 0.202. The third kappa shape index (κ3) is 4.82. The maximum absolute atomic E-state index is 3.65. The van der Waals surface area contributed by atoms with Gasteiger partial charge < -0.3 is 10.2 Å². The number of nitrogens with zero attached hydrogens (tertiary/aromatic N) is 1. The molecule has 0 saturated carbocycles. The lowest BCUT2D eigenvalue weighted by molar-refractivity contribution is 0.148. The summed E-state index contributed by atoms with van der Waals surface area (Å²) in [6.07, 6.45) is 3.95. The molecule has 1 fully saturated rings. The van der Waals surface area contributed by atoms with Crippen LogP contribution in [0.1, 0.15) is 45.6 Å². The van der Waals surface area contributed by atoms with Gasteiger partial charge in [-0.15, -0.1) is 0 Å². The van der Waals surface area contributed by atoms with Gasteiger partial charge in [0.1, 0.15) is 0 Å². The smallest absolute Gasteiger partial charge is 0.0177 e. The first kappa shape index (κ1) is 16.5. The Morgan fingerprint density at radius 3 is 2.71 bits per heavy atom. The summed E-state index contributed by atoms with van der Waals surface area (Å²) < 4.78 is 0. The van der Waals surface area contributed by atoms with Crippen molar-refractivity contribution >= 4 is 0 Å². The fraction of sp³-hybridized carbons (Fsp3) is 0.684. The summed E-state index contributed by atoms with van der Waals surface area (Å²) in [5.41, 5.74) is 1.67. The third-order valence-corrected chi connectivity index (χ3v) is 4.73. The van der Waals surface area contributed by atoms with E-state index in [1.807, 2.05) is 0 Å². The van der Waals surface area contributed by atoms with Crippen molar-refractivity contribution in [2.45, 2.75) is 45.4 Å². The fourth-order valence-electron chi connectivity index (χ4n) is 3.55. The van der Waals surface area contributed by atoms with Crippen LogP contribution in [0.15, 0.2) is 30.3 Å². The average Bonchev–Trinajstić information content (AvgIpc) is 2.48. The van der Waals surface area contributed by atoms with Gasteiger partial charge in [-0.25, -0.2) is 0 Å². The molecule has 1 aromatic carbocycles. The number of piperidine rings is 1. The van der Waals surface area contributed by atoms with E-state index in [4.69, 9.17) is 0 Å². The molecule has 1 N–H and O–H groups in total. The van der Waals surface area contributed by atoms with E-state index in [0.717, 1.165) is 25.6 Å². The molecule has 0 radical (unpaired) electrons. The second-order valence-electron chi connectivity index (χ2n) is 7.09. The zero-order chi connectivity index (χ0) is 15.1. The third-order valence-electron chi connectivity index (χ3n) is 4.73. The molecule has 2 atom stereocenters. The lowest BCUT2D eigenvalue weighted by Crippen LogP contribution is -2.48. The van der Waals surface area contributed by atoms with Gasteiger partial charge in [0.05, 0.1) is 0 Å². The summed E-state index contributed by atoms with van der Waals surface area (Å²) in [4.78, 5) is 2.68. The molecule has 0 aliphatic carbocycles. The van der Waals surface area contributed by atoms with Crippen molar-refractivity contribution in [3.63, 3.8) is 0 Å². The van der Waals surface area contributed by atoms with Gasteiger partial charge in [0, 0.05) is 25.0 Å². The van der Waals surface area contributed by atoms with Crippen molar-refractivity contribution in [2.75, 3.05) is 32.7 Å². The summed E-state index contributed by atoms with van der Waals surface area (Å²) in [6, 6.07) is 11.0. The summed E-state index contributed by atoms with van der Waals surface area (Å²) in [6.45, 7) is 12.9. The molecule has 1 heterocycles. The van der Waals surface area contributed by atoms with E-state index in [1.54, 1.807) is 0 Å². The van der Waals surface area contributed by atoms with Crippen molar-refractivity contribution in [2.24, 2.45) is 5.92 Å². The number of hydrogen-bond donors (Lipinski definition) is 1. The first-order chi connectivity index (χ1) is 10.1. The topological polar surface area (TPSA) is 15.3 Å². The molecule has 2 heteroatoms. The molecule has 1 aliphatic heterocycles. The summed E-state index contributed by atoms with van der Waals surface area (Å²) in [5.74, 6) is 0.849. The first-order valence-corrected chi connectivity index (χ1v) is 8.62. The number of hydrogen-bond acceptors (Lipinski definition) is 2. The predicted octanol–water partition coefficient (Wildman–Crippen LogP) is 3.68. The Morgan fingerprint density at radius 1 is 1.29 bits per heavy atom. The van der Waals surface area contributed by atoms with Crippen LogP contribution in [0.5, 0.6) is 0 Å². The summed E-state index contributed by atoms with van der Waals surface area (Å²) >= 11 is 0. The van der Waals surface area contributed by atoms with Crippen molar-refractivity contribution in [1.29, 1.82) is 0 Å². The van der Waals surface area contributed by atoms with Crippen LogP contribution in [0.3, 0.4) is 0 Å². The second-order valence-corrected chi connectivity index (χ2v) is 7.09. The van der Waals surface area contributed by atoms with Crippen LogP contribution in [0.25, 0.3) is 0 Å². The van der Waals surface area contributed by atoms with E-state index >= 15 is 0 Å². The van der Waals surface area contributed by atoms with Gasteiger partial charge >= 0.3 is 0 Å². The molecule has 1 saturated heterocycles. The van der Waals surface area contributed by atoms with Gasteiger partial charge in [-0.3, -0.25) is 0 Å². The molecule has 0 amide bonds. The Balaban J connectivity index is 2.07. The van der Waals surface area contributed by atoms with E-state index in [1.165, 1.54) is 37.9 Å². The van der Waals surface area contributed by atoms with Crippen LogP contribution in [0.2, 0.25) is 0 Å². The molecular formula is C19H32N2. The van der Waals surface area contributed by atoms with E-state index in [-0.39, 0.29) is 5.41 Å². The number of rotatable bonds is 7. The standard InChI is InChI=1S/C19H32N2/c1-4-12-20-15-19(3,18-10-6-5-7-11-18)16-21-13-8-9-17(2)14-21/h5-7,10-11,17,20H,4,8-9,12-16H2,1-3H3. The number of nitrogens with one attached hydrogen (secondary N) is 1. The highest BCUT2D eigenvalue weighted by atomic mass is 15.1. The highest BCUT2D eigenvalue weighted by molar-refractivity contribution is 5.25. The van der Waals surface area contributed by atoms with E-state index in [2.05, 4.69) is 61.3 Å². The minimum absolute atomic E-state index is 0.202. The monoisotopic (exact) mass is 288 g/mol. The van der Waals surface area contributed by atoms with Gasteiger partial charge in [0.2, 0.25) is 0 Å². The molecule has 0 aromatic heterocycles. The van der Waals surface area contributed by atoms with Crippen molar-refractivity contribution in [3.05, 3.63) is 35.9 Å². The Bertz CT molecular complexity index is 403. The van der Waals surface area contributed by atoms with Crippen molar-refractivity contribution in [1.82, 2.24) is 10.2 Å². The van der Waals surface area contributed by atoms with Crippen LogP contribution >= 0.6 is 0 Å². The van der Waals surface area contributed by atoms with Gasteiger partial charge in [0.25, 0.3) is 0 Å². The molecule has 2 unspecified atom stereocenters. The maximum atomic E-state index is 3.65. The lowest BCUT2D eigenvalue weighted by atomic mass is 9.81. The van der Waals surface area contributed by atoms with E-state index in [9.17, 15) is 0 Å². The maximum Gasteiger partial charge on any atom is 0.0177 e. The average molecular weight is 288 g/mol. The number of benzene rings is 1. The molecule has 1 aromatic rings. The largest absolute Gasteiger partial charge is 0.316 e. The van der Waals surface area contributed by atoms with Gasteiger partial charge in [-0.2, -0.15) is 0 Å². The van der Waals surface area contributed by atoms with Gasteiger partial charge in [0.15, 0.2) is 0 Å². The fourth-order valence-corrected chi connectivity index (χ4v) is 3.55. The van der Waals surface area contributed by atoms with Crippen molar-refractivity contribution in [3.8, 4) is 0 Å². The molecule has 0 bridgehead atoms. The Hall–Kier alpha value is -0.860. The SMILES string of the molecule is CCCNCC(C)(CN1CCCC(C)C1)c1ccccc1. The van der Waals surface area contributed by atoms with Gasteiger partial charge in [-0.05, 0) is 43.8 Å². The summed E-state index contributed by atoms with van der Waals surface area (Å²) in [7, 11) is 0. The zero-order valence-corrected chi connectivity index (χ0v) is 14.1. The van der Waals surface area contributed by atoms with E-state index < -0.39 is 0 Å². The minimum Gasteiger partial charge on any atom is -0.316 e. The Kier molecular flexibility index (Phi) is 6.25. The zero-order valence-electron chi connectivity index (χ0n) is 14.1. The van der Waals surface area contributed by atoms with Crippen LogP contribution in [-0.2, 0) is 5.41 Å². The molecule has 118 valence electrons. The molecule has 2 rings (SSSR count). The van der Waals surface area contributed by atoms with Crippen LogP contribution < -0.4 is 5.32 Å². The molecule has 2 nitrogen and oxygen atoms in total. The molecule has 1 aliphatic rings. The Labute approximate surface area is 130 Å². The molecule has 0 spiro atoms. The molecular weight excluding hydrogens is 256 g/mol. The number of likely N-dealkylation sites (tertiary alicyclic amines) is 1. The quantitative estimate of drug-likeness (QED) is 0.770. The highest BCUT2D eigenvalue weighted by Crippen LogP contribution is 2.27. The Morgan fingerprint density at radius 2 is 2.05 bits per heavy atom. The van der Waals surface area contributed by atoms with Gasteiger partial charge in [-0.1, -0.05) is 51.1 Å². The molecule has 21 heavy (non-hydrogen) atoms. The first-order valence-electron chi connectivity index (χ1n) is 8.62. The summed E-state index contributed by atoms with van der Waals surface area (Å²) in [5, 5.41) is 3.65. The van der Waals surface area contributed by atoms with E-state index in [0.29, 0.717) is 0 Å². The highest BCUT2D eigenvalue weighted by Gasteiger charge is 2.30. The second kappa shape index (κ2) is 7.95. The van der Waals surface area contributed by atoms with Crippen molar-refractivity contribution < 1.29 is 0 Å². The van der Waals surface area contributed by atoms with Crippen LogP contribution in [0, 0.1) is 5.92 Å². The lowest BCUT2D eigenvalue weighted by Gasteiger charge is -2.39.